The lowest BCUT2D eigenvalue weighted by molar-refractivity contribution is -0.144. The number of hydrogen-bond donors (Lipinski definition) is 1. The molecule has 2 saturated heterocycles. The van der Waals surface area contributed by atoms with Gasteiger partial charge < -0.3 is 14.9 Å². The van der Waals surface area contributed by atoms with Crippen LogP contribution < -0.4 is 0 Å². The number of likely N-dealkylation sites (tertiary alicyclic amines) is 2. The first-order chi connectivity index (χ1) is 9.04. The summed E-state index contributed by atoms with van der Waals surface area (Å²) in [5.74, 6) is -1.37. The minimum atomic E-state index is -0.847. The minimum Gasteiger partial charge on any atom is -0.481 e. The van der Waals surface area contributed by atoms with E-state index in [2.05, 4.69) is 0 Å². The van der Waals surface area contributed by atoms with Gasteiger partial charge in [0.05, 0.1) is 5.92 Å². The van der Waals surface area contributed by atoms with Crippen LogP contribution in [0.4, 0.5) is 0 Å². The molecular weight excluding hydrogens is 248 g/mol. The molecule has 2 unspecified atom stereocenters. The smallest absolute Gasteiger partial charge is 0.308 e. The number of carboxylic acids is 1. The van der Waals surface area contributed by atoms with E-state index in [0.29, 0.717) is 32.4 Å². The normalized spacial score (nSPS) is 24.9. The quantitative estimate of drug-likeness (QED) is 0.796. The van der Waals surface area contributed by atoms with Gasteiger partial charge in [-0.25, -0.2) is 0 Å². The number of aliphatic carboxylic acids is 1. The summed E-state index contributed by atoms with van der Waals surface area (Å²) < 4.78 is 0. The van der Waals surface area contributed by atoms with Gasteiger partial charge >= 0.3 is 5.97 Å². The van der Waals surface area contributed by atoms with Crippen LogP contribution in [-0.2, 0) is 14.4 Å². The van der Waals surface area contributed by atoms with Gasteiger partial charge in [0.1, 0.15) is 6.04 Å². The molecule has 2 amide bonds. The second-order valence-electron chi connectivity index (χ2n) is 5.22. The third-order valence-electron chi connectivity index (χ3n) is 4.01. The lowest BCUT2D eigenvalue weighted by Crippen LogP contribution is -2.48. The first kappa shape index (κ1) is 13.8. The molecule has 6 heteroatoms. The van der Waals surface area contributed by atoms with Crippen LogP contribution in [0.2, 0.25) is 0 Å². The molecular formula is C13H20N2O4. The summed E-state index contributed by atoms with van der Waals surface area (Å²) in [5.41, 5.74) is 0. The maximum absolute atomic E-state index is 12.4. The average molecular weight is 268 g/mol. The Morgan fingerprint density at radius 2 is 2.16 bits per heavy atom. The zero-order chi connectivity index (χ0) is 14.0. The van der Waals surface area contributed by atoms with E-state index in [1.807, 2.05) is 6.92 Å². The van der Waals surface area contributed by atoms with Crippen LogP contribution in [0.25, 0.3) is 0 Å². The van der Waals surface area contributed by atoms with Crippen LogP contribution in [0, 0.1) is 5.92 Å². The molecule has 19 heavy (non-hydrogen) atoms. The summed E-state index contributed by atoms with van der Waals surface area (Å²) in [4.78, 5) is 38.3. The molecule has 0 aromatic carbocycles. The fourth-order valence-electron chi connectivity index (χ4n) is 2.90. The molecule has 0 aromatic heterocycles. The fourth-order valence-corrected chi connectivity index (χ4v) is 2.90. The third-order valence-corrected chi connectivity index (χ3v) is 4.01. The van der Waals surface area contributed by atoms with Gasteiger partial charge in [0.25, 0.3) is 0 Å². The molecule has 0 radical (unpaired) electrons. The van der Waals surface area contributed by atoms with Crippen molar-refractivity contribution < 1.29 is 19.5 Å². The molecule has 0 bridgehead atoms. The zero-order valence-electron chi connectivity index (χ0n) is 11.2. The monoisotopic (exact) mass is 268 g/mol. The molecule has 2 atom stereocenters. The molecule has 0 saturated carbocycles. The highest BCUT2D eigenvalue weighted by atomic mass is 16.4. The van der Waals surface area contributed by atoms with E-state index in [1.165, 1.54) is 0 Å². The van der Waals surface area contributed by atoms with Crippen LogP contribution >= 0.6 is 0 Å². The van der Waals surface area contributed by atoms with Crippen molar-refractivity contribution in [3.8, 4) is 0 Å². The Bertz CT molecular complexity index is 396. The van der Waals surface area contributed by atoms with E-state index in [-0.39, 0.29) is 18.4 Å². The Labute approximate surface area is 112 Å². The van der Waals surface area contributed by atoms with Gasteiger partial charge in [0, 0.05) is 26.1 Å². The van der Waals surface area contributed by atoms with Gasteiger partial charge in [0.2, 0.25) is 11.8 Å². The lowest BCUT2D eigenvalue weighted by Gasteiger charge is -2.29. The summed E-state index contributed by atoms with van der Waals surface area (Å²) in [6.45, 7) is 3.28. The Morgan fingerprint density at radius 3 is 2.63 bits per heavy atom. The van der Waals surface area contributed by atoms with Crippen molar-refractivity contribution in [2.24, 2.45) is 5.92 Å². The van der Waals surface area contributed by atoms with Gasteiger partial charge in [-0.2, -0.15) is 0 Å². The summed E-state index contributed by atoms with van der Waals surface area (Å²) in [6.07, 6.45) is 2.41. The van der Waals surface area contributed by atoms with Crippen molar-refractivity contribution in [3.63, 3.8) is 0 Å². The summed E-state index contributed by atoms with van der Waals surface area (Å²) >= 11 is 0. The Morgan fingerprint density at radius 1 is 1.42 bits per heavy atom. The van der Waals surface area contributed by atoms with Crippen molar-refractivity contribution in [3.05, 3.63) is 0 Å². The van der Waals surface area contributed by atoms with E-state index in [0.717, 1.165) is 6.42 Å². The van der Waals surface area contributed by atoms with Crippen LogP contribution in [0.15, 0.2) is 0 Å². The molecule has 0 spiro atoms. The van der Waals surface area contributed by atoms with Crippen molar-refractivity contribution in [2.75, 3.05) is 19.6 Å². The first-order valence-corrected chi connectivity index (χ1v) is 6.85. The zero-order valence-corrected chi connectivity index (χ0v) is 11.2. The first-order valence-electron chi connectivity index (χ1n) is 6.85. The Hall–Kier alpha value is -1.59. The van der Waals surface area contributed by atoms with Crippen molar-refractivity contribution in [1.82, 2.24) is 9.80 Å². The van der Waals surface area contributed by atoms with Crippen LogP contribution in [-0.4, -0.2) is 58.4 Å². The molecule has 2 fully saturated rings. The van der Waals surface area contributed by atoms with E-state index in [1.54, 1.807) is 9.80 Å². The van der Waals surface area contributed by atoms with Gasteiger partial charge in [-0.05, 0) is 19.3 Å². The van der Waals surface area contributed by atoms with Crippen molar-refractivity contribution in [2.45, 2.75) is 38.6 Å². The number of nitrogens with zero attached hydrogens (tertiary/aromatic N) is 2. The van der Waals surface area contributed by atoms with E-state index >= 15 is 0 Å². The Kier molecular flexibility index (Phi) is 4.07. The minimum absolute atomic E-state index is 0.0363. The molecule has 6 nitrogen and oxygen atoms in total. The summed E-state index contributed by atoms with van der Waals surface area (Å²) in [5, 5.41) is 8.96. The number of carbonyl (C=O) groups is 3. The maximum atomic E-state index is 12.4. The Balaban J connectivity index is 2.01. The number of amides is 2. The van der Waals surface area contributed by atoms with E-state index in [9.17, 15) is 14.4 Å². The summed E-state index contributed by atoms with van der Waals surface area (Å²) in [7, 11) is 0. The van der Waals surface area contributed by atoms with Gasteiger partial charge in [-0.1, -0.05) is 6.92 Å². The molecule has 0 aliphatic carbocycles. The molecule has 2 aliphatic rings. The lowest BCUT2D eigenvalue weighted by atomic mass is 10.1. The number of carboxylic acid groups (broad SMARTS) is 1. The molecule has 2 aliphatic heterocycles. The van der Waals surface area contributed by atoms with Gasteiger partial charge in [-0.15, -0.1) is 0 Å². The number of hydrogen-bond acceptors (Lipinski definition) is 3. The second kappa shape index (κ2) is 5.59. The summed E-state index contributed by atoms with van der Waals surface area (Å²) in [6, 6.07) is -0.414. The fraction of sp³-hybridized carbons (Fsp3) is 0.769. The highest BCUT2D eigenvalue weighted by Gasteiger charge is 2.38. The molecule has 106 valence electrons. The van der Waals surface area contributed by atoms with Gasteiger partial charge in [0.15, 0.2) is 0 Å². The van der Waals surface area contributed by atoms with E-state index in [4.69, 9.17) is 5.11 Å². The highest BCUT2D eigenvalue weighted by Crippen LogP contribution is 2.22. The molecule has 0 aromatic rings. The molecule has 2 rings (SSSR count). The third kappa shape index (κ3) is 2.72. The predicted molar refractivity (Wildman–Crippen MR) is 67.3 cm³/mol. The van der Waals surface area contributed by atoms with Crippen molar-refractivity contribution >= 4 is 17.8 Å². The number of carbonyl (C=O) groups excluding carboxylic acids is 2. The molecule has 1 N–H and O–H groups in total. The van der Waals surface area contributed by atoms with Crippen molar-refractivity contribution in [1.29, 1.82) is 0 Å². The van der Waals surface area contributed by atoms with Crippen LogP contribution in [0.5, 0.6) is 0 Å². The maximum Gasteiger partial charge on any atom is 0.308 e. The topological polar surface area (TPSA) is 77.9 Å². The van der Waals surface area contributed by atoms with Crippen LogP contribution in [0.3, 0.4) is 0 Å². The molecule has 2 heterocycles. The standard InChI is InChI=1S/C13H20N2O4/c1-2-10(15-6-3-4-11(15)16)12(17)14-7-5-9(8-14)13(18)19/h9-10H,2-8H2,1H3,(H,18,19). The SMILES string of the molecule is CCC(C(=O)N1CCC(C(=O)O)C1)N1CCCC1=O. The second-order valence-corrected chi connectivity index (χ2v) is 5.22. The highest BCUT2D eigenvalue weighted by molar-refractivity contribution is 5.89. The number of rotatable bonds is 4. The van der Waals surface area contributed by atoms with E-state index < -0.39 is 17.9 Å². The largest absolute Gasteiger partial charge is 0.481 e. The van der Waals surface area contributed by atoms with Gasteiger partial charge in [-0.3, -0.25) is 14.4 Å². The predicted octanol–water partition coefficient (Wildman–Crippen LogP) is 0.320. The van der Waals surface area contributed by atoms with Crippen LogP contribution in [0.1, 0.15) is 32.6 Å². The average Bonchev–Trinajstić information content (AvgIpc) is 3.00.